The largest absolute Gasteiger partial charge is 0.393 e. The third kappa shape index (κ3) is 3.74. The maximum Gasteiger partial charge on any atom is 0.0600 e. The van der Waals surface area contributed by atoms with Crippen LogP contribution < -0.4 is 0 Å². The molecular weight excluding hydrogens is 198 g/mol. The van der Waals surface area contributed by atoms with Gasteiger partial charge in [-0.15, -0.1) is 0 Å². The van der Waals surface area contributed by atoms with Crippen molar-refractivity contribution in [3.8, 4) is 0 Å². The summed E-state index contributed by atoms with van der Waals surface area (Å²) in [6.07, 6.45) is 3.39. The van der Waals surface area contributed by atoms with Gasteiger partial charge >= 0.3 is 0 Å². The van der Waals surface area contributed by atoms with Gasteiger partial charge in [-0.1, -0.05) is 34.6 Å². The predicted octanol–water partition coefficient (Wildman–Crippen LogP) is 2.90. The minimum atomic E-state index is -0.180. The number of aliphatic hydroxyl groups excluding tert-OH is 1. The molecule has 16 heavy (non-hydrogen) atoms. The van der Waals surface area contributed by atoms with Crippen LogP contribution in [0.15, 0.2) is 0 Å². The number of aliphatic hydroxyl groups is 1. The lowest BCUT2D eigenvalue weighted by atomic mass is 9.87. The van der Waals surface area contributed by atoms with Crippen molar-refractivity contribution in [1.29, 1.82) is 0 Å². The van der Waals surface area contributed by atoms with Crippen LogP contribution in [-0.2, 0) is 0 Å². The van der Waals surface area contributed by atoms with Crippen molar-refractivity contribution in [2.24, 2.45) is 11.3 Å². The summed E-state index contributed by atoms with van der Waals surface area (Å²) in [6, 6.07) is 0.743. The third-order valence-electron chi connectivity index (χ3n) is 3.87. The topological polar surface area (TPSA) is 23.5 Å². The van der Waals surface area contributed by atoms with Crippen molar-refractivity contribution in [1.82, 2.24) is 4.90 Å². The highest BCUT2D eigenvalue weighted by Crippen LogP contribution is 2.26. The lowest BCUT2D eigenvalue weighted by Crippen LogP contribution is -2.37. The van der Waals surface area contributed by atoms with Gasteiger partial charge in [0.1, 0.15) is 0 Å². The molecule has 1 heterocycles. The highest BCUT2D eigenvalue weighted by molar-refractivity contribution is 4.83. The zero-order valence-electron chi connectivity index (χ0n) is 11.7. The molecule has 1 N–H and O–H groups in total. The molecule has 0 aromatic carbocycles. The molecule has 1 fully saturated rings. The van der Waals surface area contributed by atoms with E-state index in [0.29, 0.717) is 0 Å². The second-order valence-electron chi connectivity index (χ2n) is 6.66. The van der Waals surface area contributed by atoms with Crippen LogP contribution in [-0.4, -0.2) is 35.2 Å². The van der Waals surface area contributed by atoms with Crippen LogP contribution in [0.4, 0.5) is 0 Å². The Morgan fingerprint density at radius 3 is 2.44 bits per heavy atom. The van der Waals surface area contributed by atoms with Crippen LogP contribution in [0, 0.1) is 11.3 Å². The summed E-state index contributed by atoms with van der Waals surface area (Å²) in [5.74, 6) is 0.745. The molecule has 0 radical (unpaired) electrons. The number of hydrogen-bond acceptors (Lipinski definition) is 2. The molecule has 2 atom stereocenters. The van der Waals surface area contributed by atoms with Crippen molar-refractivity contribution >= 4 is 0 Å². The molecule has 1 saturated heterocycles. The molecule has 0 aliphatic carbocycles. The SMILES string of the molecule is CC(C)C1CCCN1CCC(O)C(C)(C)C. The Morgan fingerprint density at radius 1 is 1.31 bits per heavy atom. The van der Waals surface area contributed by atoms with Crippen LogP contribution in [0.1, 0.15) is 53.9 Å². The van der Waals surface area contributed by atoms with E-state index in [-0.39, 0.29) is 11.5 Å². The Bertz CT molecular complexity index is 207. The molecule has 1 aliphatic heterocycles. The van der Waals surface area contributed by atoms with Gasteiger partial charge in [0.15, 0.2) is 0 Å². The number of hydrogen-bond donors (Lipinski definition) is 1. The Balaban J connectivity index is 2.37. The van der Waals surface area contributed by atoms with Crippen LogP contribution >= 0.6 is 0 Å². The van der Waals surface area contributed by atoms with E-state index in [2.05, 4.69) is 39.5 Å². The molecule has 1 rings (SSSR count). The molecule has 0 bridgehead atoms. The van der Waals surface area contributed by atoms with Gasteiger partial charge < -0.3 is 10.0 Å². The van der Waals surface area contributed by atoms with Gasteiger partial charge in [0.05, 0.1) is 6.10 Å². The highest BCUT2D eigenvalue weighted by atomic mass is 16.3. The van der Waals surface area contributed by atoms with E-state index in [1.165, 1.54) is 19.4 Å². The van der Waals surface area contributed by atoms with Gasteiger partial charge in [-0.2, -0.15) is 0 Å². The minimum Gasteiger partial charge on any atom is -0.393 e. The molecule has 0 aromatic rings. The van der Waals surface area contributed by atoms with E-state index in [0.717, 1.165) is 24.9 Å². The van der Waals surface area contributed by atoms with E-state index < -0.39 is 0 Å². The molecule has 0 amide bonds. The highest BCUT2D eigenvalue weighted by Gasteiger charge is 2.29. The second kappa shape index (κ2) is 5.50. The molecule has 1 aliphatic rings. The molecule has 2 heteroatoms. The number of rotatable bonds is 4. The summed E-state index contributed by atoms with van der Waals surface area (Å²) in [7, 11) is 0. The maximum atomic E-state index is 10.0. The van der Waals surface area contributed by atoms with Crippen molar-refractivity contribution in [3.63, 3.8) is 0 Å². The Labute approximate surface area is 101 Å². The van der Waals surface area contributed by atoms with Crippen LogP contribution in [0.2, 0.25) is 0 Å². The van der Waals surface area contributed by atoms with Gasteiger partial charge in [-0.25, -0.2) is 0 Å². The summed E-state index contributed by atoms with van der Waals surface area (Å²) in [5.41, 5.74) is 0.0209. The van der Waals surface area contributed by atoms with Crippen LogP contribution in [0.3, 0.4) is 0 Å². The van der Waals surface area contributed by atoms with Crippen molar-refractivity contribution < 1.29 is 5.11 Å². The van der Waals surface area contributed by atoms with Gasteiger partial charge in [-0.3, -0.25) is 0 Å². The van der Waals surface area contributed by atoms with Crippen LogP contribution in [0.5, 0.6) is 0 Å². The van der Waals surface area contributed by atoms with Gasteiger partial charge in [0, 0.05) is 12.6 Å². The van der Waals surface area contributed by atoms with E-state index in [1.54, 1.807) is 0 Å². The van der Waals surface area contributed by atoms with Gasteiger partial charge in [-0.05, 0) is 37.1 Å². The Hall–Kier alpha value is -0.0800. The quantitative estimate of drug-likeness (QED) is 0.798. The third-order valence-corrected chi connectivity index (χ3v) is 3.87. The average molecular weight is 227 g/mol. The lowest BCUT2D eigenvalue weighted by Gasteiger charge is -2.31. The maximum absolute atomic E-state index is 10.0. The zero-order valence-corrected chi connectivity index (χ0v) is 11.7. The van der Waals surface area contributed by atoms with Crippen molar-refractivity contribution in [3.05, 3.63) is 0 Å². The summed E-state index contributed by atoms with van der Waals surface area (Å²) >= 11 is 0. The molecule has 2 unspecified atom stereocenters. The first kappa shape index (κ1) is 14.0. The van der Waals surface area contributed by atoms with Crippen molar-refractivity contribution in [2.45, 2.75) is 66.0 Å². The fraction of sp³-hybridized carbons (Fsp3) is 1.00. The molecule has 96 valence electrons. The van der Waals surface area contributed by atoms with Crippen molar-refractivity contribution in [2.75, 3.05) is 13.1 Å². The Morgan fingerprint density at radius 2 is 1.94 bits per heavy atom. The van der Waals surface area contributed by atoms with Gasteiger partial charge in [0.25, 0.3) is 0 Å². The zero-order chi connectivity index (χ0) is 12.3. The number of nitrogens with zero attached hydrogens (tertiary/aromatic N) is 1. The first-order valence-electron chi connectivity index (χ1n) is 6.74. The summed E-state index contributed by atoms with van der Waals surface area (Å²) in [5, 5.41) is 10.0. The summed E-state index contributed by atoms with van der Waals surface area (Å²) in [6.45, 7) is 13.2. The molecule has 0 aromatic heterocycles. The molecule has 0 spiro atoms. The fourth-order valence-electron chi connectivity index (χ4n) is 2.61. The summed E-state index contributed by atoms with van der Waals surface area (Å²) < 4.78 is 0. The van der Waals surface area contributed by atoms with E-state index in [1.807, 2.05) is 0 Å². The number of likely N-dealkylation sites (tertiary alicyclic amines) is 1. The standard InChI is InChI=1S/C14H29NO/c1-11(2)12-7-6-9-15(12)10-8-13(16)14(3,4)5/h11-13,16H,6-10H2,1-5H3. The first-order chi connectivity index (χ1) is 7.32. The summed E-state index contributed by atoms with van der Waals surface area (Å²) in [4.78, 5) is 2.57. The van der Waals surface area contributed by atoms with E-state index >= 15 is 0 Å². The first-order valence-corrected chi connectivity index (χ1v) is 6.74. The van der Waals surface area contributed by atoms with E-state index in [4.69, 9.17) is 0 Å². The van der Waals surface area contributed by atoms with E-state index in [9.17, 15) is 5.11 Å². The second-order valence-corrected chi connectivity index (χ2v) is 6.66. The molecule has 2 nitrogen and oxygen atoms in total. The molecular formula is C14H29NO. The lowest BCUT2D eigenvalue weighted by molar-refractivity contribution is 0.0422. The van der Waals surface area contributed by atoms with Gasteiger partial charge in [0.2, 0.25) is 0 Å². The fourth-order valence-corrected chi connectivity index (χ4v) is 2.61. The normalized spacial score (nSPS) is 25.3. The Kier molecular flexibility index (Phi) is 4.81. The molecule has 0 saturated carbocycles. The minimum absolute atomic E-state index is 0.0209. The van der Waals surface area contributed by atoms with Crippen LogP contribution in [0.25, 0.3) is 0 Å². The smallest absolute Gasteiger partial charge is 0.0600 e. The predicted molar refractivity (Wildman–Crippen MR) is 69.5 cm³/mol. The average Bonchev–Trinajstić information content (AvgIpc) is 2.60. The monoisotopic (exact) mass is 227 g/mol.